The summed E-state index contributed by atoms with van der Waals surface area (Å²) in [6, 6.07) is 7.58. The first-order valence-corrected chi connectivity index (χ1v) is 5.14. The maximum absolute atomic E-state index is 11.5. The van der Waals surface area contributed by atoms with Crippen LogP contribution in [0.4, 0.5) is 0 Å². The third-order valence-electron chi connectivity index (χ3n) is 2.63. The highest BCUT2D eigenvalue weighted by molar-refractivity contribution is 5.87. The Hall–Kier alpha value is -1.77. The van der Waals surface area contributed by atoms with Gasteiger partial charge in [-0.2, -0.15) is 0 Å². The van der Waals surface area contributed by atoms with E-state index in [-0.39, 0.29) is 5.97 Å². The van der Waals surface area contributed by atoms with Crippen LogP contribution in [0, 0.1) is 0 Å². The van der Waals surface area contributed by atoms with Crippen molar-refractivity contribution in [2.75, 3.05) is 6.61 Å². The van der Waals surface area contributed by atoms with Crippen molar-refractivity contribution in [3.8, 4) is 5.75 Å². The maximum atomic E-state index is 11.5. The predicted molar refractivity (Wildman–Crippen MR) is 60.2 cm³/mol. The van der Waals surface area contributed by atoms with E-state index >= 15 is 0 Å². The zero-order chi connectivity index (χ0) is 11.8. The van der Waals surface area contributed by atoms with Crippen LogP contribution in [-0.4, -0.2) is 12.6 Å². The number of para-hydroxylation sites is 1. The second-order valence-corrected chi connectivity index (χ2v) is 4.19. The van der Waals surface area contributed by atoms with Crippen molar-refractivity contribution in [3.63, 3.8) is 0 Å². The molecular weight excluding hydrogens is 204 g/mol. The molecule has 0 saturated heterocycles. The molecule has 0 fully saturated rings. The van der Waals surface area contributed by atoms with Crippen molar-refractivity contribution < 1.29 is 14.3 Å². The van der Waals surface area contributed by atoms with E-state index in [0.717, 1.165) is 11.3 Å². The minimum Gasteiger partial charge on any atom is -0.489 e. The van der Waals surface area contributed by atoms with Gasteiger partial charge in [0.05, 0.1) is 0 Å². The van der Waals surface area contributed by atoms with Gasteiger partial charge in [-0.25, -0.2) is 4.79 Å². The number of hydrogen-bond donors (Lipinski definition) is 0. The highest BCUT2D eigenvalue weighted by Crippen LogP contribution is 2.39. The quantitative estimate of drug-likeness (QED) is 0.565. The highest BCUT2D eigenvalue weighted by atomic mass is 16.6. The van der Waals surface area contributed by atoms with Crippen molar-refractivity contribution in [1.29, 1.82) is 0 Å². The minimum atomic E-state index is -0.702. The Kier molecular flexibility index (Phi) is 2.46. The fourth-order valence-corrected chi connectivity index (χ4v) is 1.70. The van der Waals surface area contributed by atoms with Crippen molar-refractivity contribution in [2.24, 2.45) is 0 Å². The van der Waals surface area contributed by atoms with Crippen LogP contribution < -0.4 is 4.74 Å². The van der Waals surface area contributed by atoms with Crippen molar-refractivity contribution in [1.82, 2.24) is 0 Å². The molecule has 1 aliphatic heterocycles. The second kappa shape index (κ2) is 3.67. The lowest BCUT2D eigenvalue weighted by Crippen LogP contribution is -2.30. The number of rotatable bonds is 2. The molecule has 0 aliphatic carbocycles. The van der Waals surface area contributed by atoms with Crippen LogP contribution >= 0.6 is 0 Å². The van der Waals surface area contributed by atoms with Crippen molar-refractivity contribution in [3.05, 3.63) is 42.0 Å². The van der Waals surface area contributed by atoms with E-state index in [2.05, 4.69) is 6.58 Å². The van der Waals surface area contributed by atoms with Crippen LogP contribution in [0.5, 0.6) is 5.75 Å². The molecule has 2 rings (SSSR count). The fourth-order valence-electron chi connectivity index (χ4n) is 1.70. The van der Waals surface area contributed by atoms with Gasteiger partial charge >= 0.3 is 5.97 Å². The Morgan fingerprint density at radius 2 is 2.19 bits per heavy atom. The normalized spacial score (nSPS) is 22.1. The molecule has 0 radical (unpaired) electrons. The molecule has 0 amide bonds. The van der Waals surface area contributed by atoms with Gasteiger partial charge in [0.2, 0.25) is 0 Å². The summed E-state index contributed by atoms with van der Waals surface area (Å²) in [6.07, 6.45) is 0. The average molecular weight is 218 g/mol. The number of benzene rings is 1. The molecular formula is C13H14O3. The standard InChI is InChI=1S/C13H14O3/c1-9(2)12(14)16-13(3)8-15-11-7-5-4-6-10(11)13/h4-7H,1,8H2,2-3H3. The van der Waals surface area contributed by atoms with E-state index in [1.165, 1.54) is 0 Å². The monoisotopic (exact) mass is 218 g/mol. The van der Waals surface area contributed by atoms with Crippen molar-refractivity contribution in [2.45, 2.75) is 19.4 Å². The Morgan fingerprint density at radius 3 is 2.88 bits per heavy atom. The average Bonchev–Trinajstić information content (AvgIpc) is 2.57. The molecule has 1 aromatic rings. The summed E-state index contributed by atoms with van der Waals surface area (Å²) in [6.45, 7) is 7.40. The number of esters is 1. The van der Waals surface area contributed by atoms with Crippen LogP contribution in [0.1, 0.15) is 19.4 Å². The van der Waals surface area contributed by atoms with E-state index in [0.29, 0.717) is 12.2 Å². The summed E-state index contributed by atoms with van der Waals surface area (Å²) in [5.41, 5.74) is 0.599. The summed E-state index contributed by atoms with van der Waals surface area (Å²) in [5, 5.41) is 0. The van der Waals surface area contributed by atoms with Gasteiger partial charge in [-0.1, -0.05) is 24.8 Å². The van der Waals surface area contributed by atoms with E-state index in [1.807, 2.05) is 31.2 Å². The minimum absolute atomic E-state index is 0.353. The zero-order valence-corrected chi connectivity index (χ0v) is 9.45. The topological polar surface area (TPSA) is 35.5 Å². The molecule has 0 N–H and O–H groups in total. The number of carbonyl (C=O) groups excluding carboxylic acids is 1. The van der Waals surface area contributed by atoms with Gasteiger partial charge < -0.3 is 9.47 Å². The molecule has 0 saturated carbocycles. The van der Waals surface area contributed by atoms with Gasteiger partial charge in [0.1, 0.15) is 12.4 Å². The number of fused-ring (bicyclic) bond motifs is 1. The molecule has 16 heavy (non-hydrogen) atoms. The SMILES string of the molecule is C=C(C)C(=O)OC1(C)COc2ccccc21. The molecule has 0 bridgehead atoms. The molecule has 1 heterocycles. The second-order valence-electron chi connectivity index (χ2n) is 4.19. The van der Waals surface area contributed by atoms with Crippen LogP contribution in [0.25, 0.3) is 0 Å². The first kappa shape index (κ1) is 10.7. The summed E-state index contributed by atoms with van der Waals surface area (Å²) < 4.78 is 10.9. The molecule has 3 heteroatoms. The largest absolute Gasteiger partial charge is 0.489 e. The first-order chi connectivity index (χ1) is 7.53. The Morgan fingerprint density at radius 1 is 1.50 bits per heavy atom. The first-order valence-electron chi connectivity index (χ1n) is 5.14. The lowest BCUT2D eigenvalue weighted by atomic mass is 9.98. The summed E-state index contributed by atoms with van der Waals surface area (Å²) >= 11 is 0. The molecule has 1 aromatic carbocycles. The predicted octanol–water partition coefficient (Wildman–Crippen LogP) is 2.41. The zero-order valence-electron chi connectivity index (χ0n) is 9.45. The molecule has 3 nitrogen and oxygen atoms in total. The molecule has 1 atom stereocenters. The number of ether oxygens (including phenoxy) is 2. The van der Waals surface area contributed by atoms with E-state index in [9.17, 15) is 4.79 Å². The summed E-state index contributed by atoms with van der Waals surface area (Å²) in [4.78, 5) is 11.5. The third kappa shape index (κ3) is 1.69. The van der Waals surface area contributed by atoms with E-state index < -0.39 is 5.60 Å². The lowest BCUT2D eigenvalue weighted by molar-refractivity contribution is -0.155. The van der Waals surface area contributed by atoms with Gasteiger partial charge in [0.15, 0.2) is 5.60 Å². The number of hydrogen-bond acceptors (Lipinski definition) is 3. The summed E-state index contributed by atoms with van der Waals surface area (Å²) in [7, 11) is 0. The van der Waals surface area contributed by atoms with E-state index in [1.54, 1.807) is 6.92 Å². The van der Waals surface area contributed by atoms with Gasteiger partial charge in [0.25, 0.3) is 0 Å². The molecule has 1 unspecified atom stereocenters. The van der Waals surface area contributed by atoms with Gasteiger partial charge in [-0.15, -0.1) is 0 Å². The van der Waals surface area contributed by atoms with Crippen LogP contribution in [0.2, 0.25) is 0 Å². The third-order valence-corrected chi connectivity index (χ3v) is 2.63. The number of carbonyl (C=O) groups is 1. The van der Waals surface area contributed by atoms with Crippen LogP contribution in [0.3, 0.4) is 0 Å². The van der Waals surface area contributed by atoms with Crippen LogP contribution in [-0.2, 0) is 15.1 Å². The Bertz CT molecular complexity index is 450. The van der Waals surface area contributed by atoms with Gasteiger partial charge in [-0.05, 0) is 19.9 Å². The van der Waals surface area contributed by atoms with E-state index in [4.69, 9.17) is 9.47 Å². The summed E-state index contributed by atoms with van der Waals surface area (Å²) in [5.74, 6) is 0.391. The lowest BCUT2D eigenvalue weighted by Gasteiger charge is -2.23. The molecule has 0 aromatic heterocycles. The van der Waals surface area contributed by atoms with Crippen molar-refractivity contribution >= 4 is 5.97 Å². The fraction of sp³-hybridized carbons (Fsp3) is 0.308. The maximum Gasteiger partial charge on any atom is 0.334 e. The Balaban J connectivity index is 2.28. The Labute approximate surface area is 94.7 Å². The highest BCUT2D eigenvalue weighted by Gasteiger charge is 2.39. The molecule has 1 aliphatic rings. The molecule has 0 spiro atoms. The van der Waals surface area contributed by atoms with Crippen LogP contribution in [0.15, 0.2) is 36.4 Å². The smallest absolute Gasteiger partial charge is 0.334 e. The molecule has 84 valence electrons. The van der Waals surface area contributed by atoms with Gasteiger partial charge in [-0.3, -0.25) is 0 Å². The van der Waals surface area contributed by atoms with Gasteiger partial charge in [0, 0.05) is 11.1 Å².